The van der Waals surface area contributed by atoms with Gasteiger partial charge in [0.2, 0.25) is 0 Å². The molecule has 0 aliphatic carbocycles. The van der Waals surface area contributed by atoms with Gasteiger partial charge in [-0.25, -0.2) is 4.79 Å². The summed E-state index contributed by atoms with van der Waals surface area (Å²) in [7, 11) is 0. The highest BCUT2D eigenvalue weighted by molar-refractivity contribution is 6.30. The second kappa shape index (κ2) is 5.74. The molecule has 0 saturated carbocycles. The van der Waals surface area contributed by atoms with Gasteiger partial charge in [-0.3, -0.25) is 4.90 Å². The Balaban J connectivity index is 2.50. The van der Waals surface area contributed by atoms with Crippen LogP contribution in [0.25, 0.3) is 0 Å². The summed E-state index contributed by atoms with van der Waals surface area (Å²) in [6, 6.07) is 6.96. The zero-order chi connectivity index (χ0) is 16.7. The van der Waals surface area contributed by atoms with Crippen LogP contribution in [0.5, 0.6) is 0 Å². The molecule has 0 spiro atoms. The first-order valence-electron chi connectivity index (χ1n) is 7.71. The summed E-state index contributed by atoms with van der Waals surface area (Å²) in [6.45, 7) is 9.78. The first kappa shape index (κ1) is 17.1. The molecule has 1 aromatic carbocycles. The Bertz CT molecular complexity index is 572. The minimum atomic E-state index is -1.25. The molecule has 5 heteroatoms. The number of amides is 2. The zero-order valence-corrected chi connectivity index (χ0v) is 14.7. The molecule has 0 radical (unpaired) electrons. The highest BCUT2D eigenvalue weighted by Gasteiger charge is 2.51. The SMILES string of the molecule is CC[C@@H](C)N1C(=O)N(c2cccc(Cl)c2)[C@@](C)(O)CC1(C)C. The smallest absolute Gasteiger partial charge is 0.327 e. The monoisotopic (exact) mass is 324 g/mol. The van der Waals surface area contributed by atoms with E-state index in [-0.39, 0.29) is 12.1 Å². The van der Waals surface area contributed by atoms with Gasteiger partial charge in [0.05, 0.1) is 0 Å². The van der Waals surface area contributed by atoms with Crippen LogP contribution < -0.4 is 4.90 Å². The number of halogens is 1. The molecule has 2 atom stereocenters. The quantitative estimate of drug-likeness (QED) is 0.903. The lowest BCUT2D eigenvalue weighted by atomic mass is 9.86. The Labute approximate surface area is 137 Å². The van der Waals surface area contributed by atoms with Crippen molar-refractivity contribution in [2.75, 3.05) is 4.90 Å². The molecule has 2 amide bonds. The molecule has 4 nitrogen and oxygen atoms in total. The van der Waals surface area contributed by atoms with Gasteiger partial charge in [0.15, 0.2) is 0 Å². The third kappa shape index (κ3) is 2.95. The van der Waals surface area contributed by atoms with E-state index < -0.39 is 11.3 Å². The van der Waals surface area contributed by atoms with Gasteiger partial charge in [0.25, 0.3) is 0 Å². The molecule has 1 fully saturated rings. The highest BCUT2D eigenvalue weighted by atomic mass is 35.5. The average Bonchev–Trinajstić information content (AvgIpc) is 2.35. The molecule has 1 aliphatic rings. The Morgan fingerprint density at radius 3 is 2.55 bits per heavy atom. The fourth-order valence-electron chi connectivity index (χ4n) is 3.53. The summed E-state index contributed by atoms with van der Waals surface area (Å²) in [4.78, 5) is 16.4. The summed E-state index contributed by atoms with van der Waals surface area (Å²) in [5.41, 5.74) is -1.05. The van der Waals surface area contributed by atoms with Crippen molar-refractivity contribution in [2.24, 2.45) is 0 Å². The number of aliphatic hydroxyl groups is 1. The van der Waals surface area contributed by atoms with Crippen LogP contribution in [0, 0.1) is 0 Å². The van der Waals surface area contributed by atoms with Crippen LogP contribution in [-0.2, 0) is 0 Å². The maximum absolute atomic E-state index is 13.1. The van der Waals surface area contributed by atoms with Gasteiger partial charge in [-0.05, 0) is 52.3 Å². The minimum Gasteiger partial charge on any atom is -0.371 e. The molecule has 1 N–H and O–H groups in total. The predicted molar refractivity (Wildman–Crippen MR) is 90.2 cm³/mol. The Morgan fingerprint density at radius 2 is 2.00 bits per heavy atom. The number of hydrogen-bond acceptors (Lipinski definition) is 2. The molecule has 2 rings (SSSR count). The van der Waals surface area contributed by atoms with Crippen LogP contribution >= 0.6 is 11.6 Å². The van der Waals surface area contributed by atoms with Crippen LogP contribution in [0.3, 0.4) is 0 Å². The van der Waals surface area contributed by atoms with Crippen molar-refractivity contribution >= 4 is 23.3 Å². The van der Waals surface area contributed by atoms with E-state index in [4.69, 9.17) is 11.6 Å². The molecule has 1 heterocycles. The molecule has 0 unspecified atom stereocenters. The average molecular weight is 325 g/mol. The van der Waals surface area contributed by atoms with Gasteiger partial charge < -0.3 is 10.0 Å². The normalized spacial score (nSPS) is 26.2. The molecule has 22 heavy (non-hydrogen) atoms. The van der Waals surface area contributed by atoms with Gasteiger partial charge in [0, 0.05) is 28.7 Å². The minimum absolute atomic E-state index is 0.0975. The lowest BCUT2D eigenvalue weighted by Gasteiger charge is -2.55. The van der Waals surface area contributed by atoms with Crippen LogP contribution in [0.2, 0.25) is 5.02 Å². The van der Waals surface area contributed by atoms with E-state index in [1.54, 1.807) is 31.2 Å². The summed E-state index contributed by atoms with van der Waals surface area (Å²) >= 11 is 6.05. The number of nitrogens with zero attached hydrogens (tertiary/aromatic N) is 2. The van der Waals surface area contributed by atoms with Crippen molar-refractivity contribution in [2.45, 2.75) is 64.8 Å². The molecule has 122 valence electrons. The molecule has 0 aromatic heterocycles. The van der Waals surface area contributed by atoms with E-state index >= 15 is 0 Å². The Kier molecular flexibility index (Phi) is 4.46. The fraction of sp³-hybridized carbons (Fsp3) is 0.588. The van der Waals surface area contributed by atoms with Crippen molar-refractivity contribution in [3.63, 3.8) is 0 Å². The second-order valence-corrected chi connectivity index (χ2v) is 7.37. The maximum atomic E-state index is 13.1. The lowest BCUT2D eigenvalue weighted by Crippen LogP contribution is -2.69. The van der Waals surface area contributed by atoms with Crippen molar-refractivity contribution in [3.8, 4) is 0 Å². The van der Waals surface area contributed by atoms with Crippen molar-refractivity contribution in [1.29, 1.82) is 0 Å². The third-order valence-corrected chi connectivity index (χ3v) is 4.63. The summed E-state index contributed by atoms with van der Waals surface area (Å²) in [5.74, 6) is 0. The standard InChI is InChI=1S/C17H25ClN2O2/c1-6-12(2)19-15(21)20(14-9-7-8-13(18)10-14)17(5,22)11-16(19,3)4/h7-10,12,22H,6,11H2,1-5H3/t12-,17+/m1/s1. The van der Waals surface area contributed by atoms with Crippen molar-refractivity contribution in [3.05, 3.63) is 29.3 Å². The molecular formula is C17H25ClN2O2. The molecule has 1 saturated heterocycles. The molecule has 1 aliphatic heterocycles. The largest absolute Gasteiger partial charge is 0.371 e. The van der Waals surface area contributed by atoms with E-state index in [2.05, 4.69) is 6.92 Å². The first-order valence-corrected chi connectivity index (χ1v) is 8.09. The van der Waals surface area contributed by atoms with Gasteiger partial charge in [-0.2, -0.15) is 0 Å². The second-order valence-electron chi connectivity index (χ2n) is 6.93. The van der Waals surface area contributed by atoms with Crippen LogP contribution in [0.1, 0.15) is 47.5 Å². The predicted octanol–water partition coefficient (Wildman–Crippen LogP) is 4.26. The van der Waals surface area contributed by atoms with Gasteiger partial charge in [-0.15, -0.1) is 0 Å². The van der Waals surface area contributed by atoms with Crippen LogP contribution in [-0.4, -0.2) is 33.3 Å². The Morgan fingerprint density at radius 1 is 1.36 bits per heavy atom. The Hall–Kier alpha value is -1.26. The highest BCUT2D eigenvalue weighted by Crippen LogP contribution is 2.40. The van der Waals surface area contributed by atoms with E-state index in [1.807, 2.05) is 25.7 Å². The van der Waals surface area contributed by atoms with Crippen LogP contribution in [0.4, 0.5) is 10.5 Å². The number of anilines is 1. The van der Waals surface area contributed by atoms with Gasteiger partial charge in [0.1, 0.15) is 5.72 Å². The third-order valence-electron chi connectivity index (χ3n) is 4.40. The zero-order valence-electron chi connectivity index (χ0n) is 13.9. The number of carbonyl (C=O) groups excluding carboxylic acids is 1. The molecular weight excluding hydrogens is 300 g/mol. The number of rotatable bonds is 3. The fourth-order valence-corrected chi connectivity index (χ4v) is 3.71. The van der Waals surface area contributed by atoms with Gasteiger partial charge in [-0.1, -0.05) is 24.6 Å². The van der Waals surface area contributed by atoms with E-state index in [0.717, 1.165) is 6.42 Å². The first-order chi connectivity index (χ1) is 10.1. The number of benzene rings is 1. The number of hydrogen-bond donors (Lipinski definition) is 1. The molecule has 0 bridgehead atoms. The van der Waals surface area contributed by atoms with E-state index in [9.17, 15) is 9.90 Å². The lowest BCUT2D eigenvalue weighted by molar-refractivity contribution is -0.0358. The topological polar surface area (TPSA) is 43.8 Å². The van der Waals surface area contributed by atoms with Crippen LogP contribution in [0.15, 0.2) is 24.3 Å². The number of urea groups is 1. The maximum Gasteiger partial charge on any atom is 0.327 e. The summed E-state index contributed by atoms with van der Waals surface area (Å²) in [5, 5.41) is 11.4. The van der Waals surface area contributed by atoms with Crippen molar-refractivity contribution < 1.29 is 9.90 Å². The summed E-state index contributed by atoms with van der Waals surface area (Å²) < 4.78 is 0. The van der Waals surface area contributed by atoms with Gasteiger partial charge >= 0.3 is 6.03 Å². The number of carbonyl (C=O) groups is 1. The molecule has 1 aromatic rings. The van der Waals surface area contributed by atoms with E-state index in [0.29, 0.717) is 17.1 Å². The van der Waals surface area contributed by atoms with Crippen molar-refractivity contribution in [1.82, 2.24) is 4.90 Å². The van der Waals surface area contributed by atoms with E-state index in [1.165, 1.54) is 4.90 Å². The summed E-state index contributed by atoms with van der Waals surface area (Å²) in [6.07, 6.45) is 1.32.